The standard InChI is InChI=1S/C17H29N3O/c1-4-5-6-7-8-14(3)19-12-16-10-9-15(11-13(16)2)17(18)20-21/h9-11,14,19,21H,4-8,12H2,1-3H3,(H2,18,20). The molecular formula is C17H29N3O. The Balaban J connectivity index is 2.45. The quantitative estimate of drug-likeness (QED) is 0.214. The second-order valence-electron chi connectivity index (χ2n) is 5.76. The van der Waals surface area contributed by atoms with Crippen molar-refractivity contribution in [2.75, 3.05) is 0 Å². The largest absolute Gasteiger partial charge is 0.409 e. The number of hydrogen-bond donors (Lipinski definition) is 3. The van der Waals surface area contributed by atoms with Gasteiger partial charge in [0.2, 0.25) is 0 Å². The van der Waals surface area contributed by atoms with Crippen molar-refractivity contribution in [3.05, 3.63) is 34.9 Å². The number of nitrogens with one attached hydrogen (secondary N) is 1. The molecule has 0 aromatic heterocycles. The molecule has 0 radical (unpaired) electrons. The van der Waals surface area contributed by atoms with Gasteiger partial charge < -0.3 is 16.3 Å². The lowest BCUT2D eigenvalue weighted by Gasteiger charge is -2.15. The first-order chi connectivity index (χ1) is 10.1. The van der Waals surface area contributed by atoms with Gasteiger partial charge in [0.15, 0.2) is 5.84 Å². The summed E-state index contributed by atoms with van der Waals surface area (Å²) in [5.41, 5.74) is 8.77. The molecule has 0 saturated heterocycles. The second kappa shape index (κ2) is 9.40. The smallest absolute Gasteiger partial charge is 0.170 e. The number of oxime groups is 1. The van der Waals surface area contributed by atoms with Crippen molar-refractivity contribution in [2.45, 2.75) is 65.5 Å². The van der Waals surface area contributed by atoms with Crippen LogP contribution in [-0.2, 0) is 6.54 Å². The van der Waals surface area contributed by atoms with E-state index < -0.39 is 0 Å². The van der Waals surface area contributed by atoms with Crippen LogP contribution in [0, 0.1) is 6.92 Å². The Kier molecular flexibility index (Phi) is 7.83. The van der Waals surface area contributed by atoms with Gasteiger partial charge in [-0.2, -0.15) is 0 Å². The molecule has 0 fully saturated rings. The molecule has 1 atom stereocenters. The number of benzene rings is 1. The Morgan fingerprint density at radius 3 is 2.71 bits per heavy atom. The van der Waals surface area contributed by atoms with Crippen molar-refractivity contribution in [2.24, 2.45) is 10.9 Å². The monoisotopic (exact) mass is 291 g/mol. The van der Waals surface area contributed by atoms with Crippen molar-refractivity contribution in [3.8, 4) is 0 Å². The molecule has 1 aromatic rings. The third-order valence-corrected chi connectivity index (χ3v) is 3.88. The number of nitrogens with zero attached hydrogens (tertiary/aromatic N) is 1. The molecule has 1 aromatic carbocycles. The van der Waals surface area contributed by atoms with Crippen LogP contribution in [0.2, 0.25) is 0 Å². The summed E-state index contributed by atoms with van der Waals surface area (Å²) < 4.78 is 0. The molecule has 4 nitrogen and oxygen atoms in total. The van der Waals surface area contributed by atoms with Crippen LogP contribution in [0.1, 0.15) is 62.6 Å². The lowest BCUT2D eigenvalue weighted by atomic mass is 10.0. The van der Waals surface area contributed by atoms with E-state index in [0.717, 1.165) is 17.7 Å². The van der Waals surface area contributed by atoms with Crippen molar-refractivity contribution in [1.29, 1.82) is 0 Å². The Labute approximate surface area is 128 Å². The van der Waals surface area contributed by atoms with Gasteiger partial charge in [-0.25, -0.2) is 0 Å². The molecule has 0 aliphatic carbocycles. The first kappa shape index (κ1) is 17.5. The van der Waals surface area contributed by atoms with E-state index in [4.69, 9.17) is 10.9 Å². The highest BCUT2D eigenvalue weighted by atomic mass is 16.4. The van der Waals surface area contributed by atoms with Crippen LogP contribution in [0.4, 0.5) is 0 Å². The first-order valence-electron chi connectivity index (χ1n) is 7.89. The third-order valence-electron chi connectivity index (χ3n) is 3.88. The Hall–Kier alpha value is -1.55. The minimum absolute atomic E-state index is 0.155. The predicted molar refractivity (Wildman–Crippen MR) is 88.8 cm³/mol. The van der Waals surface area contributed by atoms with Gasteiger partial charge in [0.05, 0.1) is 0 Å². The summed E-state index contributed by atoms with van der Waals surface area (Å²) >= 11 is 0. The minimum atomic E-state index is 0.155. The van der Waals surface area contributed by atoms with Crippen LogP contribution in [-0.4, -0.2) is 17.1 Å². The third kappa shape index (κ3) is 6.17. The van der Waals surface area contributed by atoms with Crippen LogP contribution < -0.4 is 11.1 Å². The van der Waals surface area contributed by atoms with E-state index >= 15 is 0 Å². The average Bonchev–Trinajstić information content (AvgIpc) is 2.49. The molecule has 0 aliphatic rings. The topological polar surface area (TPSA) is 70.6 Å². The van der Waals surface area contributed by atoms with E-state index in [2.05, 4.69) is 31.2 Å². The van der Waals surface area contributed by atoms with Crippen LogP contribution in [0.15, 0.2) is 23.4 Å². The molecule has 0 amide bonds. The summed E-state index contributed by atoms with van der Waals surface area (Å²) in [7, 11) is 0. The second-order valence-corrected chi connectivity index (χ2v) is 5.76. The van der Waals surface area contributed by atoms with E-state index in [9.17, 15) is 0 Å². The highest BCUT2D eigenvalue weighted by Gasteiger charge is 2.06. The fourth-order valence-electron chi connectivity index (χ4n) is 2.37. The fraction of sp³-hybridized carbons (Fsp3) is 0.588. The molecule has 0 aliphatic heterocycles. The van der Waals surface area contributed by atoms with Crippen molar-refractivity contribution in [3.63, 3.8) is 0 Å². The van der Waals surface area contributed by atoms with E-state index in [1.807, 2.05) is 18.2 Å². The Morgan fingerprint density at radius 2 is 2.10 bits per heavy atom. The molecule has 1 rings (SSSR count). The summed E-state index contributed by atoms with van der Waals surface area (Å²) in [4.78, 5) is 0. The highest BCUT2D eigenvalue weighted by Crippen LogP contribution is 2.12. The van der Waals surface area contributed by atoms with Gasteiger partial charge in [-0.3, -0.25) is 0 Å². The number of aryl methyl sites for hydroxylation is 1. The summed E-state index contributed by atoms with van der Waals surface area (Å²) in [6, 6.07) is 6.42. The fourth-order valence-corrected chi connectivity index (χ4v) is 2.37. The maximum absolute atomic E-state index is 8.70. The van der Waals surface area contributed by atoms with E-state index in [1.165, 1.54) is 37.7 Å². The molecule has 4 heteroatoms. The number of amidine groups is 1. The van der Waals surface area contributed by atoms with E-state index in [0.29, 0.717) is 6.04 Å². The zero-order valence-electron chi connectivity index (χ0n) is 13.5. The molecular weight excluding hydrogens is 262 g/mol. The molecule has 118 valence electrons. The maximum Gasteiger partial charge on any atom is 0.170 e. The summed E-state index contributed by atoms with van der Waals surface area (Å²) in [6.07, 6.45) is 6.47. The average molecular weight is 291 g/mol. The lowest BCUT2D eigenvalue weighted by molar-refractivity contribution is 0.318. The molecule has 0 spiro atoms. The van der Waals surface area contributed by atoms with E-state index in [1.54, 1.807) is 0 Å². The minimum Gasteiger partial charge on any atom is -0.409 e. The lowest BCUT2D eigenvalue weighted by Crippen LogP contribution is -2.25. The zero-order chi connectivity index (χ0) is 15.7. The van der Waals surface area contributed by atoms with Gasteiger partial charge in [-0.15, -0.1) is 0 Å². The van der Waals surface area contributed by atoms with Crippen LogP contribution in [0.3, 0.4) is 0 Å². The molecule has 21 heavy (non-hydrogen) atoms. The molecule has 1 unspecified atom stereocenters. The Bertz CT molecular complexity index is 457. The Morgan fingerprint density at radius 1 is 1.33 bits per heavy atom. The molecule has 0 saturated carbocycles. The first-order valence-corrected chi connectivity index (χ1v) is 7.89. The molecule has 0 heterocycles. The maximum atomic E-state index is 8.70. The highest BCUT2D eigenvalue weighted by molar-refractivity contribution is 5.97. The normalized spacial score (nSPS) is 13.4. The van der Waals surface area contributed by atoms with Crippen molar-refractivity contribution < 1.29 is 5.21 Å². The van der Waals surface area contributed by atoms with Crippen LogP contribution in [0.25, 0.3) is 0 Å². The molecule has 0 bridgehead atoms. The van der Waals surface area contributed by atoms with Crippen LogP contribution in [0.5, 0.6) is 0 Å². The zero-order valence-corrected chi connectivity index (χ0v) is 13.5. The molecule has 4 N–H and O–H groups in total. The van der Waals surface area contributed by atoms with Gasteiger partial charge in [0.1, 0.15) is 0 Å². The van der Waals surface area contributed by atoms with Gasteiger partial charge in [-0.05, 0) is 37.5 Å². The SMILES string of the molecule is CCCCCCC(C)NCc1ccc(/C(N)=N/O)cc1C. The van der Waals surface area contributed by atoms with Crippen molar-refractivity contribution >= 4 is 5.84 Å². The van der Waals surface area contributed by atoms with Gasteiger partial charge in [-0.1, -0.05) is 49.9 Å². The number of hydrogen-bond acceptors (Lipinski definition) is 3. The van der Waals surface area contributed by atoms with E-state index in [-0.39, 0.29) is 5.84 Å². The number of nitrogens with two attached hydrogens (primary N) is 1. The van der Waals surface area contributed by atoms with Gasteiger partial charge in [0, 0.05) is 18.2 Å². The summed E-state index contributed by atoms with van der Waals surface area (Å²) in [5.74, 6) is 0.155. The van der Waals surface area contributed by atoms with Crippen LogP contribution >= 0.6 is 0 Å². The van der Waals surface area contributed by atoms with Gasteiger partial charge in [0.25, 0.3) is 0 Å². The van der Waals surface area contributed by atoms with Gasteiger partial charge >= 0.3 is 0 Å². The summed E-state index contributed by atoms with van der Waals surface area (Å²) in [5, 5.41) is 15.3. The van der Waals surface area contributed by atoms with Crippen molar-refractivity contribution in [1.82, 2.24) is 5.32 Å². The number of unbranched alkanes of at least 4 members (excludes halogenated alkanes) is 3. The summed E-state index contributed by atoms with van der Waals surface area (Å²) in [6.45, 7) is 7.39. The predicted octanol–water partition coefficient (Wildman–Crippen LogP) is 3.54. The number of rotatable bonds is 9.